The molecule has 1 atom stereocenters. The van der Waals surface area contributed by atoms with Gasteiger partial charge in [0.2, 0.25) is 0 Å². The number of hydrogen-bond donors (Lipinski definition) is 0. The van der Waals surface area contributed by atoms with Crippen LogP contribution in [0.25, 0.3) is 0 Å². The third kappa shape index (κ3) is 2.44. The lowest BCUT2D eigenvalue weighted by Gasteiger charge is -1.97. The minimum atomic E-state index is 0.852. The molecule has 1 unspecified atom stereocenters. The van der Waals surface area contributed by atoms with Crippen molar-refractivity contribution in [3.63, 3.8) is 0 Å². The molecule has 0 aromatic heterocycles. The summed E-state index contributed by atoms with van der Waals surface area (Å²) in [6.45, 7) is 2.19. The molecule has 52 valence electrons. The van der Waals surface area contributed by atoms with Crippen molar-refractivity contribution in [1.82, 2.24) is 0 Å². The molecule has 0 aromatic carbocycles. The molecule has 0 aliphatic carbocycles. The number of hydrogen-bond acceptors (Lipinski definition) is 1. The molecule has 1 rings (SSSR count). The zero-order valence-corrected chi connectivity index (χ0v) is 6.79. The van der Waals surface area contributed by atoms with Gasteiger partial charge in [-0.2, -0.15) is 11.8 Å². The van der Waals surface area contributed by atoms with Crippen molar-refractivity contribution in [2.24, 2.45) is 0 Å². The molecule has 9 heavy (non-hydrogen) atoms. The third-order valence-corrected chi connectivity index (χ3v) is 2.90. The van der Waals surface area contributed by atoms with Gasteiger partial charge in [0.1, 0.15) is 0 Å². The van der Waals surface area contributed by atoms with Crippen LogP contribution in [0.1, 0.15) is 26.2 Å². The Morgan fingerprint density at radius 1 is 1.67 bits per heavy atom. The fraction of sp³-hybridized carbons (Fsp3) is 0.750. The van der Waals surface area contributed by atoms with Crippen molar-refractivity contribution in [3.8, 4) is 0 Å². The molecule has 0 aromatic rings. The van der Waals surface area contributed by atoms with E-state index >= 15 is 0 Å². The van der Waals surface area contributed by atoms with E-state index in [0.717, 1.165) is 5.25 Å². The summed E-state index contributed by atoms with van der Waals surface area (Å²) in [5, 5.41) is 0.852. The van der Waals surface area contributed by atoms with Crippen LogP contribution < -0.4 is 0 Å². The van der Waals surface area contributed by atoms with Gasteiger partial charge in [0, 0.05) is 5.25 Å². The first-order valence-electron chi connectivity index (χ1n) is 3.71. The Hall–Kier alpha value is 0.0900. The average Bonchev–Trinajstić information content (AvgIpc) is 2.34. The summed E-state index contributed by atoms with van der Waals surface area (Å²) >= 11 is 2.10. The maximum absolute atomic E-state index is 2.36. The van der Waals surface area contributed by atoms with Gasteiger partial charge >= 0.3 is 0 Å². The van der Waals surface area contributed by atoms with E-state index in [9.17, 15) is 0 Å². The molecule has 1 heterocycles. The van der Waals surface area contributed by atoms with E-state index in [0.29, 0.717) is 0 Å². The third-order valence-electron chi connectivity index (χ3n) is 1.55. The molecule has 1 fully saturated rings. The fourth-order valence-electron chi connectivity index (χ4n) is 1.04. The highest BCUT2D eigenvalue weighted by atomic mass is 32.2. The van der Waals surface area contributed by atoms with Gasteiger partial charge in [-0.05, 0) is 25.0 Å². The lowest BCUT2D eigenvalue weighted by Crippen LogP contribution is -1.87. The highest BCUT2D eigenvalue weighted by molar-refractivity contribution is 8.00. The Bertz CT molecular complexity index is 90.7. The average molecular weight is 142 g/mol. The van der Waals surface area contributed by atoms with Crippen LogP contribution in [0.15, 0.2) is 12.2 Å². The van der Waals surface area contributed by atoms with Gasteiger partial charge in [0.25, 0.3) is 0 Å². The predicted molar refractivity (Wildman–Crippen MR) is 44.9 cm³/mol. The molecule has 1 aliphatic rings. The summed E-state index contributed by atoms with van der Waals surface area (Å²) in [6, 6.07) is 0. The predicted octanol–water partition coefficient (Wildman–Crippen LogP) is 2.85. The van der Waals surface area contributed by atoms with Gasteiger partial charge < -0.3 is 0 Å². The molecule has 1 heteroatoms. The molecule has 1 saturated heterocycles. The monoisotopic (exact) mass is 142 g/mol. The fourth-order valence-corrected chi connectivity index (χ4v) is 2.23. The molecule has 1 aliphatic heterocycles. The van der Waals surface area contributed by atoms with E-state index in [-0.39, 0.29) is 0 Å². The van der Waals surface area contributed by atoms with E-state index < -0.39 is 0 Å². The van der Waals surface area contributed by atoms with Crippen molar-refractivity contribution >= 4 is 11.8 Å². The van der Waals surface area contributed by atoms with Crippen molar-refractivity contribution in [2.75, 3.05) is 5.75 Å². The van der Waals surface area contributed by atoms with Gasteiger partial charge in [-0.15, -0.1) is 0 Å². The molecule has 0 amide bonds. The molecule has 0 saturated carbocycles. The van der Waals surface area contributed by atoms with Gasteiger partial charge in [0.15, 0.2) is 0 Å². The Morgan fingerprint density at radius 2 is 2.56 bits per heavy atom. The second-order valence-corrected chi connectivity index (χ2v) is 3.73. The van der Waals surface area contributed by atoms with Crippen molar-refractivity contribution < 1.29 is 0 Å². The first kappa shape index (κ1) is 7.20. The van der Waals surface area contributed by atoms with E-state index in [2.05, 4.69) is 30.8 Å². The molecule has 0 radical (unpaired) electrons. The van der Waals surface area contributed by atoms with Crippen LogP contribution in [0.5, 0.6) is 0 Å². The zero-order chi connectivity index (χ0) is 6.53. The molecule has 0 nitrogen and oxygen atoms in total. The quantitative estimate of drug-likeness (QED) is 0.534. The molecule has 0 N–H and O–H groups in total. The summed E-state index contributed by atoms with van der Waals surface area (Å²) in [6.07, 6.45) is 8.66. The largest absolute Gasteiger partial charge is 0.154 e. The lowest BCUT2D eigenvalue weighted by molar-refractivity contribution is 0.878. The number of rotatable bonds is 2. The highest BCUT2D eigenvalue weighted by Gasteiger charge is 2.10. The minimum absolute atomic E-state index is 0.852. The maximum Gasteiger partial charge on any atom is 0.0227 e. The maximum atomic E-state index is 2.36. The Balaban J connectivity index is 2.18. The van der Waals surface area contributed by atoms with Gasteiger partial charge in [0.05, 0.1) is 0 Å². The second kappa shape index (κ2) is 3.99. The van der Waals surface area contributed by atoms with Crippen molar-refractivity contribution in [2.45, 2.75) is 31.4 Å². The van der Waals surface area contributed by atoms with E-state index in [1.54, 1.807) is 0 Å². The number of thioether (sulfide) groups is 1. The van der Waals surface area contributed by atoms with Crippen LogP contribution in [0.4, 0.5) is 0 Å². The second-order valence-electron chi connectivity index (χ2n) is 2.39. The normalized spacial score (nSPS) is 27.9. The summed E-state index contributed by atoms with van der Waals surface area (Å²) in [7, 11) is 0. The molecular formula is C8H14S. The Kier molecular flexibility index (Phi) is 3.20. The Labute approximate surface area is 61.7 Å². The summed E-state index contributed by atoms with van der Waals surface area (Å²) in [5.41, 5.74) is 0. The van der Waals surface area contributed by atoms with Gasteiger partial charge in [-0.25, -0.2) is 0 Å². The summed E-state index contributed by atoms with van der Waals surface area (Å²) in [5.74, 6) is 1.37. The summed E-state index contributed by atoms with van der Waals surface area (Å²) < 4.78 is 0. The van der Waals surface area contributed by atoms with Crippen LogP contribution in [0.2, 0.25) is 0 Å². The first-order chi connectivity index (χ1) is 4.43. The topological polar surface area (TPSA) is 0 Å². The van der Waals surface area contributed by atoms with Crippen LogP contribution in [-0.2, 0) is 0 Å². The summed E-state index contributed by atoms with van der Waals surface area (Å²) in [4.78, 5) is 0. The molecular weight excluding hydrogens is 128 g/mol. The number of allylic oxidation sites excluding steroid dienone is 1. The molecule has 0 spiro atoms. The zero-order valence-electron chi connectivity index (χ0n) is 5.97. The van der Waals surface area contributed by atoms with Crippen LogP contribution in [0.3, 0.4) is 0 Å². The van der Waals surface area contributed by atoms with Gasteiger partial charge in [-0.1, -0.05) is 19.1 Å². The lowest BCUT2D eigenvalue weighted by atomic mass is 10.2. The minimum Gasteiger partial charge on any atom is -0.154 e. The van der Waals surface area contributed by atoms with Crippen LogP contribution in [0, 0.1) is 0 Å². The van der Waals surface area contributed by atoms with E-state index in [1.165, 1.54) is 25.0 Å². The standard InChI is InChI=1S/C8H14S/c1-2-3-5-8-6-4-7-9-8/h3,5,8H,2,4,6-7H2,1H3. The van der Waals surface area contributed by atoms with E-state index in [1.807, 2.05) is 0 Å². The van der Waals surface area contributed by atoms with Crippen molar-refractivity contribution in [3.05, 3.63) is 12.2 Å². The van der Waals surface area contributed by atoms with Gasteiger partial charge in [-0.3, -0.25) is 0 Å². The van der Waals surface area contributed by atoms with E-state index in [4.69, 9.17) is 0 Å². The smallest absolute Gasteiger partial charge is 0.0227 e. The van der Waals surface area contributed by atoms with Crippen molar-refractivity contribution in [1.29, 1.82) is 0 Å². The highest BCUT2D eigenvalue weighted by Crippen LogP contribution is 2.26. The first-order valence-corrected chi connectivity index (χ1v) is 4.76. The van der Waals surface area contributed by atoms with Crippen LogP contribution >= 0.6 is 11.8 Å². The Morgan fingerprint density at radius 3 is 3.11 bits per heavy atom. The molecule has 0 bridgehead atoms. The van der Waals surface area contributed by atoms with Crippen LogP contribution in [-0.4, -0.2) is 11.0 Å². The SMILES string of the molecule is CCC=CC1CCCS1.